The van der Waals surface area contributed by atoms with Crippen molar-refractivity contribution < 1.29 is 8.78 Å². The number of aryl methyl sites for hydroxylation is 1. The van der Waals surface area contributed by atoms with Crippen molar-refractivity contribution in [1.82, 2.24) is 0 Å². The normalized spacial score (nSPS) is 10.5. The Morgan fingerprint density at radius 3 is 2.21 bits per heavy atom. The van der Waals surface area contributed by atoms with E-state index >= 15 is 0 Å². The van der Waals surface area contributed by atoms with Crippen LogP contribution in [0, 0.1) is 11.6 Å². The molecule has 4 heteroatoms. The lowest BCUT2D eigenvalue weighted by atomic mass is 10.1. The molecule has 0 unspecified atom stereocenters. The van der Waals surface area contributed by atoms with Crippen molar-refractivity contribution >= 4 is 11.4 Å². The van der Waals surface area contributed by atoms with Gasteiger partial charge in [-0.1, -0.05) is 31.2 Å². The first-order valence-electron chi connectivity index (χ1n) is 6.17. The van der Waals surface area contributed by atoms with E-state index in [0.717, 1.165) is 29.7 Å². The predicted octanol–water partition coefficient (Wildman–Crippen LogP) is 3.72. The zero-order valence-corrected chi connectivity index (χ0v) is 10.7. The number of nitrogens with one attached hydrogen (secondary N) is 1. The van der Waals surface area contributed by atoms with E-state index < -0.39 is 11.6 Å². The Bertz CT molecular complexity index is 559. The van der Waals surface area contributed by atoms with Crippen LogP contribution in [-0.4, -0.2) is 0 Å². The lowest BCUT2D eigenvalue weighted by Gasteiger charge is -2.12. The van der Waals surface area contributed by atoms with Crippen LogP contribution in [-0.2, 0) is 13.0 Å². The molecule has 0 atom stereocenters. The Morgan fingerprint density at radius 1 is 1.05 bits per heavy atom. The van der Waals surface area contributed by atoms with Crippen LogP contribution in [0.15, 0.2) is 36.4 Å². The number of hydrogen-bond acceptors (Lipinski definition) is 2. The van der Waals surface area contributed by atoms with E-state index in [0.29, 0.717) is 6.54 Å². The first-order valence-corrected chi connectivity index (χ1v) is 6.17. The van der Waals surface area contributed by atoms with Crippen LogP contribution < -0.4 is 11.1 Å². The molecule has 0 aliphatic carbocycles. The van der Waals surface area contributed by atoms with Crippen LogP contribution in [0.4, 0.5) is 20.2 Å². The van der Waals surface area contributed by atoms with Crippen LogP contribution in [0.1, 0.15) is 18.1 Å². The summed E-state index contributed by atoms with van der Waals surface area (Å²) in [5, 5.41) is 2.79. The van der Waals surface area contributed by atoms with E-state index in [1.807, 2.05) is 31.2 Å². The summed E-state index contributed by atoms with van der Waals surface area (Å²) in [6, 6.07) is 10.0. The monoisotopic (exact) mass is 262 g/mol. The summed E-state index contributed by atoms with van der Waals surface area (Å²) >= 11 is 0. The molecule has 0 amide bonds. The van der Waals surface area contributed by atoms with Gasteiger partial charge in [0, 0.05) is 12.2 Å². The number of benzene rings is 2. The van der Waals surface area contributed by atoms with Crippen LogP contribution in [0.25, 0.3) is 0 Å². The molecule has 2 nitrogen and oxygen atoms in total. The van der Waals surface area contributed by atoms with E-state index in [-0.39, 0.29) is 11.4 Å². The summed E-state index contributed by atoms with van der Waals surface area (Å²) < 4.78 is 27.2. The molecule has 0 saturated carbocycles. The highest BCUT2D eigenvalue weighted by Crippen LogP contribution is 2.23. The first-order chi connectivity index (χ1) is 9.11. The van der Waals surface area contributed by atoms with Crippen molar-refractivity contribution in [2.75, 3.05) is 11.1 Å². The van der Waals surface area contributed by atoms with Crippen LogP contribution in [0.2, 0.25) is 0 Å². The summed E-state index contributed by atoms with van der Waals surface area (Å²) in [6.45, 7) is 2.42. The van der Waals surface area contributed by atoms with Gasteiger partial charge < -0.3 is 11.1 Å². The molecule has 0 heterocycles. The minimum absolute atomic E-state index is 0.0782. The quantitative estimate of drug-likeness (QED) is 0.824. The molecule has 0 radical (unpaired) electrons. The van der Waals surface area contributed by atoms with Crippen molar-refractivity contribution in [3.8, 4) is 0 Å². The first kappa shape index (κ1) is 13.3. The van der Waals surface area contributed by atoms with Gasteiger partial charge in [0.25, 0.3) is 0 Å². The van der Waals surface area contributed by atoms with Gasteiger partial charge in [0.2, 0.25) is 0 Å². The zero-order chi connectivity index (χ0) is 13.8. The van der Waals surface area contributed by atoms with Gasteiger partial charge in [0.05, 0.1) is 0 Å². The Balaban J connectivity index is 2.19. The second-order valence-electron chi connectivity index (χ2n) is 4.34. The van der Waals surface area contributed by atoms with Gasteiger partial charge in [-0.05, 0) is 29.7 Å². The lowest BCUT2D eigenvalue weighted by molar-refractivity contribution is 0.589. The van der Waals surface area contributed by atoms with Gasteiger partial charge >= 0.3 is 0 Å². The number of nitrogen functional groups attached to an aromatic ring is 1. The standard InChI is InChI=1S/C15H16F2N2/c1-2-10-5-3-4-6-11(10)9-19-15-13(16)7-12(18)8-14(15)17/h3-8,19H,2,9,18H2,1H3. The summed E-state index contributed by atoms with van der Waals surface area (Å²) in [5.74, 6) is -1.35. The van der Waals surface area contributed by atoms with E-state index in [2.05, 4.69) is 5.32 Å². The fourth-order valence-corrected chi connectivity index (χ4v) is 2.02. The van der Waals surface area contributed by atoms with E-state index in [4.69, 9.17) is 5.73 Å². The maximum absolute atomic E-state index is 13.6. The van der Waals surface area contributed by atoms with Crippen molar-refractivity contribution in [2.45, 2.75) is 19.9 Å². The van der Waals surface area contributed by atoms with Gasteiger partial charge in [-0.2, -0.15) is 0 Å². The van der Waals surface area contributed by atoms with Gasteiger partial charge in [0.1, 0.15) is 5.69 Å². The second kappa shape index (κ2) is 5.69. The third kappa shape index (κ3) is 3.02. The summed E-state index contributed by atoms with van der Waals surface area (Å²) in [7, 11) is 0. The van der Waals surface area contributed by atoms with Crippen molar-refractivity contribution in [1.29, 1.82) is 0 Å². The van der Waals surface area contributed by atoms with Crippen molar-refractivity contribution in [3.63, 3.8) is 0 Å². The van der Waals surface area contributed by atoms with Crippen LogP contribution in [0.3, 0.4) is 0 Å². The Hall–Kier alpha value is -2.10. The molecule has 2 aromatic rings. The van der Waals surface area contributed by atoms with Crippen molar-refractivity contribution in [2.24, 2.45) is 0 Å². The highest BCUT2D eigenvalue weighted by Gasteiger charge is 2.10. The fraction of sp³-hybridized carbons (Fsp3) is 0.200. The minimum Gasteiger partial charge on any atom is -0.399 e. The minimum atomic E-state index is -0.675. The van der Waals surface area contributed by atoms with E-state index in [1.54, 1.807) is 0 Å². The molecule has 3 N–H and O–H groups in total. The van der Waals surface area contributed by atoms with E-state index in [1.165, 1.54) is 0 Å². The van der Waals surface area contributed by atoms with Crippen LogP contribution >= 0.6 is 0 Å². The largest absolute Gasteiger partial charge is 0.399 e. The number of nitrogens with two attached hydrogens (primary N) is 1. The summed E-state index contributed by atoms with van der Waals surface area (Å²) in [4.78, 5) is 0. The molecule has 0 aliphatic heterocycles. The smallest absolute Gasteiger partial charge is 0.151 e. The average molecular weight is 262 g/mol. The molecule has 0 bridgehead atoms. The maximum atomic E-state index is 13.6. The fourth-order valence-electron chi connectivity index (χ4n) is 2.02. The third-order valence-electron chi connectivity index (χ3n) is 3.02. The van der Waals surface area contributed by atoms with Crippen LogP contribution in [0.5, 0.6) is 0 Å². The van der Waals surface area contributed by atoms with Gasteiger partial charge in [-0.15, -0.1) is 0 Å². The van der Waals surface area contributed by atoms with Gasteiger partial charge in [-0.3, -0.25) is 0 Å². The van der Waals surface area contributed by atoms with Gasteiger partial charge in [0.15, 0.2) is 11.6 Å². The molecular formula is C15H16F2N2. The Kier molecular flexibility index (Phi) is 4.00. The molecule has 0 fully saturated rings. The third-order valence-corrected chi connectivity index (χ3v) is 3.02. The van der Waals surface area contributed by atoms with E-state index in [9.17, 15) is 8.78 Å². The summed E-state index contributed by atoms with van der Waals surface area (Å²) in [5.41, 5.74) is 7.50. The molecule has 100 valence electrons. The number of rotatable bonds is 4. The number of halogens is 2. The molecule has 0 aliphatic rings. The molecule has 0 aromatic heterocycles. The molecular weight excluding hydrogens is 246 g/mol. The zero-order valence-electron chi connectivity index (χ0n) is 10.7. The summed E-state index contributed by atoms with van der Waals surface area (Å²) in [6.07, 6.45) is 0.880. The SMILES string of the molecule is CCc1ccccc1CNc1c(F)cc(N)cc1F. The molecule has 2 aromatic carbocycles. The van der Waals surface area contributed by atoms with Crippen molar-refractivity contribution in [3.05, 3.63) is 59.2 Å². The maximum Gasteiger partial charge on any atom is 0.151 e. The molecule has 2 rings (SSSR count). The predicted molar refractivity (Wildman–Crippen MR) is 73.9 cm³/mol. The van der Waals surface area contributed by atoms with Gasteiger partial charge in [-0.25, -0.2) is 8.78 Å². The Morgan fingerprint density at radius 2 is 1.63 bits per heavy atom. The number of anilines is 2. The average Bonchev–Trinajstić information content (AvgIpc) is 2.38. The molecule has 0 spiro atoms. The highest BCUT2D eigenvalue weighted by atomic mass is 19.1. The lowest BCUT2D eigenvalue weighted by Crippen LogP contribution is -2.06. The molecule has 19 heavy (non-hydrogen) atoms. The Labute approximate surface area is 111 Å². The second-order valence-corrected chi connectivity index (χ2v) is 4.34. The molecule has 0 saturated heterocycles. The topological polar surface area (TPSA) is 38.0 Å². The highest BCUT2D eigenvalue weighted by molar-refractivity contribution is 5.54. The number of hydrogen-bond donors (Lipinski definition) is 2.